The first-order valence-corrected chi connectivity index (χ1v) is 7.94. The van der Waals surface area contributed by atoms with Crippen molar-refractivity contribution >= 4 is 11.8 Å². The Balaban J connectivity index is 1.77. The molecule has 2 aromatic rings. The van der Waals surface area contributed by atoms with Crippen molar-refractivity contribution < 1.29 is 9.53 Å². The largest absolute Gasteiger partial charge is 0.449 e. The molecule has 0 atom stereocenters. The van der Waals surface area contributed by atoms with Crippen molar-refractivity contribution in [3.63, 3.8) is 0 Å². The van der Waals surface area contributed by atoms with E-state index in [-0.39, 0.29) is 6.09 Å². The van der Waals surface area contributed by atoms with Crippen molar-refractivity contribution in [2.75, 3.05) is 12.3 Å². The van der Waals surface area contributed by atoms with Gasteiger partial charge in [0.05, 0.1) is 36.8 Å². The highest BCUT2D eigenvalue weighted by molar-refractivity contribution is 5.74. The van der Waals surface area contributed by atoms with Crippen LogP contribution in [-0.2, 0) is 17.8 Å². The Bertz CT molecular complexity index is 701. The maximum Gasteiger partial charge on any atom is 0.410 e. The Labute approximate surface area is 136 Å². The number of nitrogen functional groups attached to an aromatic ring is 1. The van der Waals surface area contributed by atoms with Gasteiger partial charge in [-0.3, -0.25) is 4.90 Å². The van der Waals surface area contributed by atoms with E-state index in [9.17, 15) is 4.79 Å². The molecule has 0 radical (unpaired) electrons. The highest BCUT2D eigenvalue weighted by atomic mass is 16.6. The molecular weight excluding hydrogens is 290 g/mol. The van der Waals surface area contributed by atoms with Gasteiger partial charge < -0.3 is 10.5 Å². The fourth-order valence-electron chi connectivity index (χ4n) is 2.68. The van der Waals surface area contributed by atoms with Gasteiger partial charge in [0.15, 0.2) is 0 Å². The van der Waals surface area contributed by atoms with Gasteiger partial charge in [-0.1, -0.05) is 43.7 Å². The Kier molecular flexibility index (Phi) is 4.46. The molecule has 0 aliphatic carbocycles. The van der Waals surface area contributed by atoms with Crippen molar-refractivity contribution in [1.82, 2.24) is 9.88 Å². The lowest BCUT2D eigenvalue weighted by Gasteiger charge is -2.14. The van der Waals surface area contributed by atoms with Crippen molar-refractivity contribution in [2.24, 2.45) is 0 Å². The van der Waals surface area contributed by atoms with Gasteiger partial charge in [-0.05, 0) is 18.1 Å². The zero-order valence-corrected chi connectivity index (χ0v) is 13.3. The SMILES string of the molecule is CCCCOC(=O)N1Cc2cc(N)c(-c3ccccc3)nc2C1. The molecule has 0 spiro atoms. The average Bonchev–Trinajstić information content (AvgIpc) is 2.98. The van der Waals surface area contributed by atoms with E-state index in [2.05, 4.69) is 11.9 Å². The van der Waals surface area contributed by atoms with Crippen LogP contribution >= 0.6 is 0 Å². The zero-order valence-electron chi connectivity index (χ0n) is 13.3. The van der Waals surface area contributed by atoms with Gasteiger partial charge in [0.25, 0.3) is 0 Å². The molecule has 1 aromatic carbocycles. The standard InChI is InChI=1S/C18H21N3O2/c1-2-3-9-23-18(22)21-11-14-10-15(19)17(20-16(14)12-21)13-7-5-4-6-8-13/h4-8,10H,2-3,9,11-12,19H2,1H3. The Morgan fingerprint density at radius 3 is 2.83 bits per heavy atom. The summed E-state index contributed by atoms with van der Waals surface area (Å²) in [6.45, 7) is 3.51. The molecule has 23 heavy (non-hydrogen) atoms. The average molecular weight is 311 g/mol. The first-order chi connectivity index (χ1) is 11.2. The van der Waals surface area contributed by atoms with Gasteiger partial charge >= 0.3 is 6.09 Å². The van der Waals surface area contributed by atoms with Gasteiger partial charge in [-0.2, -0.15) is 0 Å². The number of carbonyl (C=O) groups is 1. The third kappa shape index (κ3) is 3.28. The molecule has 3 rings (SSSR count). The van der Waals surface area contributed by atoms with Gasteiger partial charge in [0.1, 0.15) is 0 Å². The lowest BCUT2D eigenvalue weighted by atomic mass is 10.1. The number of hydrogen-bond acceptors (Lipinski definition) is 4. The topological polar surface area (TPSA) is 68.5 Å². The summed E-state index contributed by atoms with van der Waals surface area (Å²) >= 11 is 0. The Morgan fingerprint density at radius 2 is 2.09 bits per heavy atom. The molecule has 5 heteroatoms. The lowest BCUT2D eigenvalue weighted by Crippen LogP contribution is -2.26. The summed E-state index contributed by atoms with van der Waals surface area (Å²) in [5.74, 6) is 0. The Morgan fingerprint density at radius 1 is 1.30 bits per heavy atom. The van der Waals surface area contributed by atoms with Crippen molar-refractivity contribution in [3.8, 4) is 11.3 Å². The number of pyridine rings is 1. The second-order valence-corrected chi connectivity index (χ2v) is 5.72. The molecule has 0 unspecified atom stereocenters. The van der Waals surface area contributed by atoms with Crippen LogP contribution in [0.3, 0.4) is 0 Å². The molecule has 5 nitrogen and oxygen atoms in total. The minimum atomic E-state index is -0.281. The number of nitrogens with two attached hydrogens (primary N) is 1. The molecular formula is C18H21N3O2. The molecule has 0 saturated heterocycles. The molecule has 0 fully saturated rings. The van der Waals surface area contributed by atoms with Crippen LogP contribution in [0.25, 0.3) is 11.3 Å². The number of anilines is 1. The second-order valence-electron chi connectivity index (χ2n) is 5.72. The summed E-state index contributed by atoms with van der Waals surface area (Å²) in [5, 5.41) is 0. The van der Waals surface area contributed by atoms with Crippen LogP contribution in [0, 0.1) is 0 Å². The highest BCUT2D eigenvalue weighted by Crippen LogP contribution is 2.30. The number of nitrogens with zero attached hydrogens (tertiary/aromatic N) is 2. The fourth-order valence-corrected chi connectivity index (χ4v) is 2.68. The number of fused-ring (bicyclic) bond motifs is 1. The molecule has 120 valence electrons. The lowest BCUT2D eigenvalue weighted by molar-refractivity contribution is 0.100. The van der Waals surface area contributed by atoms with Gasteiger partial charge in [0, 0.05) is 5.56 Å². The van der Waals surface area contributed by atoms with Crippen LogP contribution < -0.4 is 5.73 Å². The third-order valence-electron chi connectivity index (χ3n) is 3.95. The third-order valence-corrected chi connectivity index (χ3v) is 3.95. The van der Waals surface area contributed by atoms with Gasteiger partial charge in [-0.15, -0.1) is 0 Å². The summed E-state index contributed by atoms with van der Waals surface area (Å²) in [5.41, 5.74) is 10.4. The summed E-state index contributed by atoms with van der Waals surface area (Å²) in [7, 11) is 0. The Hall–Kier alpha value is -2.56. The normalized spacial score (nSPS) is 13.0. The molecule has 1 aromatic heterocycles. The van der Waals surface area contributed by atoms with Gasteiger partial charge in [0.2, 0.25) is 0 Å². The monoisotopic (exact) mass is 311 g/mol. The van der Waals surface area contributed by atoms with Crippen LogP contribution in [0.1, 0.15) is 31.0 Å². The van der Waals surface area contributed by atoms with Crippen LogP contribution in [0.2, 0.25) is 0 Å². The number of rotatable bonds is 4. The number of ether oxygens (including phenoxy) is 1. The smallest absolute Gasteiger partial charge is 0.410 e. The number of amides is 1. The maximum atomic E-state index is 12.1. The highest BCUT2D eigenvalue weighted by Gasteiger charge is 2.26. The number of aromatic nitrogens is 1. The minimum Gasteiger partial charge on any atom is -0.449 e. The van der Waals surface area contributed by atoms with E-state index in [0.717, 1.165) is 35.4 Å². The fraction of sp³-hybridized carbons (Fsp3) is 0.333. The second kappa shape index (κ2) is 6.69. The summed E-state index contributed by atoms with van der Waals surface area (Å²) < 4.78 is 5.27. The van der Waals surface area contributed by atoms with E-state index in [1.807, 2.05) is 36.4 Å². The molecule has 1 aliphatic rings. The van der Waals surface area contributed by atoms with Crippen molar-refractivity contribution in [3.05, 3.63) is 47.7 Å². The summed E-state index contributed by atoms with van der Waals surface area (Å²) in [4.78, 5) is 18.4. The molecule has 2 N–H and O–H groups in total. The molecule has 1 aliphatic heterocycles. The van der Waals surface area contributed by atoms with E-state index in [4.69, 9.17) is 10.5 Å². The van der Waals surface area contributed by atoms with E-state index in [1.54, 1.807) is 4.90 Å². The van der Waals surface area contributed by atoms with E-state index >= 15 is 0 Å². The predicted octanol–water partition coefficient (Wildman–Crippen LogP) is 3.58. The number of unbranched alkanes of at least 4 members (excludes halogenated alkanes) is 1. The van der Waals surface area contributed by atoms with Crippen molar-refractivity contribution in [1.29, 1.82) is 0 Å². The summed E-state index contributed by atoms with van der Waals surface area (Å²) in [6, 6.07) is 11.8. The summed E-state index contributed by atoms with van der Waals surface area (Å²) in [6.07, 6.45) is 1.61. The van der Waals surface area contributed by atoms with Crippen LogP contribution in [0.4, 0.5) is 10.5 Å². The molecule has 2 heterocycles. The number of hydrogen-bond donors (Lipinski definition) is 1. The molecule has 0 saturated carbocycles. The zero-order chi connectivity index (χ0) is 16.2. The first kappa shape index (κ1) is 15.3. The maximum absolute atomic E-state index is 12.1. The molecule has 1 amide bonds. The predicted molar refractivity (Wildman–Crippen MR) is 89.6 cm³/mol. The first-order valence-electron chi connectivity index (χ1n) is 7.94. The van der Waals surface area contributed by atoms with Crippen LogP contribution in [0.15, 0.2) is 36.4 Å². The van der Waals surface area contributed by atoms with Crippen LogP contribution in [0.5, 0.6) is 0 Å². The number of carbonyl (C=O) groups excluding carboxylic acids is 1. The number of benzene rings is 1. The quantitative estimate of drug-likeness (QED) is 0.876. The molecule has 0 bridgehead atoms. The minimum absolute atomic E-state index is 0.281. The van der Waals surface area contributed by atoms with Crippen molar-refractivity contribution in [2.45, 2.75) is 32.9 Å². The van der Waals surface area contributed by atoms with Crippen LogP contribution in [-0.4, -0.2) is 22.6 Å². The van der Waals surface area contributed by atoms with E-state index in [0.29, 0.717) is 25.4 Å². The van der Waals surface area contributed by atoms with E-state index in [1.165, 1.54) is 0 Å². The van der Waals surface area contributed by atoms with Gasteiger partial charge in [-0.25, -0.2) is 9.78 Å². The van der Waals surface area contributed by atoms with E-state index < -0.39 is 0 Å².